The van der Waals surface area contributed by atoms with Crippen LogP contribution in [0.5, 0.6) is 0 Å². The standard InChI is InChI=1S/C13H15FN2S/c1-2-15-9-11-7-10(3-4-12(11)14)8-13-16-5-6-17-13/h3-7,15H,2,8-9H2,1H3. The third kappa shape index (κ3) is 3.35. The molecule has 0 bridgehead atoms. The number of rotatable bonds is 5. The molecule has 0 radical (unpaired) electrons. The van der Waals surface area contributed by atoms with E-state index in [0.717, 1.165) is 29.1 Å². The quantitative estimate of drug-likeness (QED) is 0.882. The Morgan fingerprint density at radius 1 is 1.41 bits per heavy atom. The highest BCUT2D eigenvalue weighted by Gasteiger charge is 2.05. The van der Waals surface area contributed by atoms with E-state index in [2.05, 4.69) is 10.3 Å². The highest BCUT2D eigenvalue weighted by atomic mass is 32.1. The van der Waals surface area contributed by atoms with Crippen LogP contribution in [-0.2, 0) is 13.0 Å². The lowest BCUT2D eigenvalue weighted by atomic mass is 10.1. The summed E-state index contributed by atoms with van der Waals surface area (Å²) in [6.07, 6.45) is 2.57. The lowest BCUT2D eigenvalue weighted by Crippen LogP contribution is -2.13. The van der Waals surface area contributed by atoms with Crippen molar-refractivity contribution in [3.63, 3.8) is 0 Å². The number of benzene rings is 1. The van der Waals surface area contributed by atoms with Gasteiger partial charge in [0.25, 0.3) is 0 Å². The van der Waals surface area contributed by atoms with Gasteiger partial charge in [-0.2, -0.15) is 0 Å². The lowest BCUT2D eigenvalue weighted by molar-refractivity contribution is 0.592. The summed E-state index contributed by atoms with van der Waals surface area (Å²) < 4.78 is 13.5. The molecule has 0 amide bonds. The number of hydrogen-bond donors (Lipinski definition) is 1. The van der Waals surface area contributed by atoms with Gasteiger partial charge in [0.05, 0.1) is 5.01 Å². The molecule has 0 unspecified atom stereocenters. The van der Waals surface area contributed by atoms with Gasteiger partial charge in [-0.15, -0.1) is 11.3 Å². The third-order valence-electron chi connectivity index (χ3n) is 2.51. The van der Waals surface area contributed by atoms with Crippen molar-refractivity contribution in [2.45, 2.75) is 19.9 Å². The molecule has 2 aromatic rings. The average molecular weight is 250 g/mol. The lowest BCUT2D eigenvalue weighted by Gasteiger charge is -2.06. The van der Waals surface area contributed by atoms with Crippen LogP contribution in [0.2, 0.25) is 0 Å². The average Bonchev–Trinajstić information content (AvgIpc) is 2.82. The molecular formula is C13H15FN2S. The predicted molar refractivity (Wildman–Crippen MR) is 68.7 cm³/mol. The van der Waals surface area contributed by atoms with Crippen LogP contribution in [0.4, 0.5) is 4.39 Å². The zero-order chi connectivity index (χ0) is 12.1. The van der Waals surface area contributed by atoms with Crippen LogP contribution in [0.1, 0.15) is 23.1 Å². The van der Waals surface area contributed by atoms with Crippen molar-refractivity contribution >= 4 is 11.3 Å². The van der Waals surface area contributed by atoms with Crippen LogP contribution < -0.4 is 5.32 Å². The number of nitrogens with one attached hydrogen (secondary N) is 1. The van der Waals surface area contributed by atoms with E-state index in [1.54, 1.807) is 17.5 Å². The first kappa shape index (κ1) is 12.2. The maximum atomic E-state index is 13.5. The molecule has 1 aromatic carbocycles. The first-order valence-electron chi connectivity index (χ1n) is 5.66. The first-order valence-corrected chi connectivity index (χ1v) is 6.54. The highest BCUT2D eigenvalue weighted by Crippen LogP contribution is 2.15. The molecule has 4 heteroatoms. The summed E-state index contributed by atoms with van der Waals surface area (Å²) >= 11 is 1.63. The number of hydrogen-bond acceptors (Lipinski definition) is 3. The van der Waals surface area contributed by atoms with Crippen molar-refractivity contribution < 1.29 is 4.39 Å². The maximum absolute atomic E-state index is 13.5. The largest absolute Gasteiger partial charge is 0.313 e. The van der Waals surface area contributed by atoms with Crippen molar-refractivity contribution in [3.8, 4) is 0 Å². The summed E-state index contributed by atoms with van der Waals surface area (Å²) in [5.41, 5.74) is 1.83. The second kappa shape index (κ2) is 5.89. The Morgan fingerprint density at radius 2 is 2.29 bits per heavy atom. The summed E-state index contributed by atoms with van der Waals surface area (Å²) in [5, 5.41) is 6.16. The van der Waals surface area contributed by atoms with E-state index in [4.69, 9.17) is 0 Å². The molecule has 90 valence electrons. The number of aromatic nitrogens is 1. The van der Waals surface area contributed by atoms with Gasteiger partial charge >= 0.3 is 0 Å². The molecule has 0 atom stereocenters. The number of nitrogens with zero attached hydrogens (tertiary/aromatic N) is 1. The van der Waals surface area contributed by atoms with Crippen molar-refractivity contribution in [3.05, 3.63) is 51.7 Å². The first-order chi connectivity index (χ1) is 8.29. The van der Waals surface area contributed by atoms with Crippen LogP contribution in [0, 0.1) is 5.82 Å². The molecule has 0 saturated heterocycles. The topological polar surface area (TPSA) is 24.9 Å². The molecule has 0 fully saturated rings. The molecule has 1 heterocycles. The molecule has 0 saturated carbocycles. The molecule has 0 spiro atoms. The minimum Gasteiger partial charge on any atom is -0.313 e. The molecule has 2 rings (SSSR count). The van der Waals surface area contributed by atoms with Gasteiger partial charge < -0.3 is 5.32 Å². The van der Waals surface area contributed by atoms with Gasteiger partial charge in [-0.1, -0.05) is 19.1 Å². The third-order valence-corrected chi connectivity index (χ3v) is 3.29. The molecule has 1 aromatic heterocycles. The molecule has 2 nitrogen and oxygen atoms in total. The van der Waals surface area contributed by atoms with E-state index in [9.17, 15) is 4.39 Å². The Kier molecular flexibility index (Phi) is 4.23. The molecule has 0 aliphatic carbocycles. The van der Waals surface area contributed by atoms with Crippen molar-refractivity contribution in [2.24, 2.45) is 0 Å². The van der Waals surface area contributed by atoms with Crippen molar-refractivity contribution in [2.75, 3.05) is 6.54 Å². The van der Waals surface area contributed by atoms with Gasteiger partial charge in [0.15, 0.2) is 0 Å². The van der Waals surface area contributed by atoms with E-state index >= 15 is 0 Å². The number of thiazole rings is 1. The van der Waals surface area contributed by atoms with Crippen molar-refractivity contribution in [1.82, 2.24) is 10.3 Å². The molecule has 1 N–H and O–H groups in total. The zero-order valence-corrected chi connectivity index (χ0v) is 10.6. The van der Waals surface area contributed by atoms with E-state index in [0.29, 0.717) is 6.54 Å². The zero-order valence-electron chi connectivity index (χ0n) is 9.74. The Hall–Kier alpha value is -1.26. The fraction of sp³-hybridized carbons (Fsp3) is 0.308. The fourth-order valence-electron chi connectivity index (χ4n) is 1.65. The van der Waals surface area contributed by atoms with E-state index in [1.165, 1.54) is 6.07 Å². The Balaban J connectivity index is 2.13. The predicted octanol–water partition coefficient (Wildman–Crippen LogP) is 2.98. The maximum Gasteiger partial charge on any atom is 0.127 e. The van der Waals surface area contributed by atoms with Gasteiger partial charge in [0.1, 0.15) is 5.82 Å². The van der Waals surface area contributed by atoms with Crippen LogP contribution >= 0.6 is 11.3 Å². The van der Waals surface area contributed by atoms with Crippen molar-refractivity contribution in [1.29, 1.82) is 0 Å². The van der Waals surface area contributed by atoms with Gasteiger partial charge in [-0.3, -0.25) is 0 Å². The summed E-state index contributed by atoms with van der Waals surface area (Å²) in [6.45, 7) is 3.43. The summed E-state index contributed by atoms with van der Waals surface area (Å²) in [6, 6.07) is 5.28. The Labute approximate surface area is 105 Å². The minimum atomic E-state index is -0.145. The van der Waals surface area contributed by atoms with Gasteiger partial charge in [-0.25, -0.2) is 9.37 Å². The second-order valence-corrected chi connectivity index (χ2v) is 4.79. The molecule has 17 heavy (non-hydrogen) atoms. The van der Waals surface area contributed by atoms with E-state index in [-0.39, 0.29) is 5.82 Å². The van der Waals surface area contributed by atoms with Crippen LogP contribution in [-0.4, -0.2) is 11.5 Å². The molecular weight excluding hydrogens is 235 g/mol. The normalized spacial score (nSPS) is 10.7. The Morgan fingerprint density at radius 3 is 3.00 bits per heavy atom. The van der Waals surface area contributed by atoms with Crippen LogP contribution in [0.15, 0.2) is 29.8 Å². The Bertz CT molecular complexity index is 468. The van der Waals surface area contributed by atoms with Crippen LogP contribution in [0.3, 0.4) is 0 Å². The summed E-state index contributed by atoms with van der Waals surface area (Å²) in [7, 11) is 0. The molecule has 0 aliphatic heterocycles. The monoisotopic (exact) mass is 250 g/mol. The minimum absolute atomic E-state index is 0.145. The summed E-state index contributed by atoms with van der Waals surface area (Å²) in [4.78, 5) is 4.23. The van der Waals surface area contributed by atoms with Gasteiger partial charge in [0, 0.05) is 30.1 Å². The second-order valence-electron chi connectivity index (χ2n) is 3.81. The highest BCUT2D eigenvalue weighted by molar-refractivity contribution is 7.09. The molecule has 0 aliphatic rings. The smallest absolute Gasteiger partial charge is 0.127 e. The van der Waals surface area contributed by atoms with Crippen LogP contribution in [0.25, 0.3) is 0 Å². The van der Waals surface area contributed by atoms with Gasteiger partial charge in [0.2, 0.25) is 0 Å². The van der Waals surface area contributed by atoms with E-state index in [1.807, 2.05) is 24.4 Å². The SMILES string of the molecule is CCNCc1cc(Cc2nccs2)ccc1F. The summed E-state index contributed by atoms with van der Waals surface area (Å²) in [5.74, 6) is -0.145. The van der Waals surface area contributed by atoms with Gasteiger partial charge in [-0.05, 0) is 18.2 Å². The fourth-order valence-corrected chi connectivity index (χ4v) is 2.30. The number of halogens is 1. The van der Waals surface area contributed by atoms with E-state index < -0.39 is 0 Å².